The number of hydrogen-bond acceptors (Lipinski definition) is 4. The summed E-state index contributed by atoms with van der Waals surface area (Å²) < 4.78 is 5.13. The zero-order valence-corrected chi connectivity index (χ0v) is 12.7. The van der Waals surface area contributed by atoms with E-state index in [2.05, 4.69) is 20.8 Å². The lowest BCUT2D eigenvalue weighted by Gasteiger charge is -2.12. The Morgan fingerprint density at radius 2 is 1.77 bits per heavy atom. The van der Waals surface area contributed by atoms with Crippen molar-refractivity contribution in [1.29, 1.82) is 0 Å². The Bertz CT molecular complexity index is 799. The summed E-state index contributed by atoms with van der Waals surface area (Å²) in [6.45, 7) is 0. The first-order valence-electron chi connectivity index (χ1n) is 6.68. The molecule has 0 saturated carbocycles. The number of nitrogens with zero attached hydrogens (tertiary/aromatic N) is 2. The average Bonchev–Trinajstić information content (AvgIpc) is 2.56. The standard InChI is InChI=1S/C16H14N4OS/c1-21-13-7-5-12(6-8-13)19-16(22)20-15-4-2-3-11-9-17-18-10-14(11)15/h2-10H,1H3,(H2,19,20,22). The zero-order valence-electron chi connectivity index (χ0n) is 11.9. The summed E-state index contributed by atoms with van der Waals surface area (Å²) in [5.74, 6) is 0.803. The highest BCUT2D eigenvalue weighted by Gasteiger charge is 2.04. The van der Waals surface area contributed by atoms with E-state index < -0.39 is 0 Å². The molecule has 0 aliphatic rings. The molecule has 0 unspecified atom stereocenters. The van der Waals surface area contributed by atoms with E-state index >= 15 is 0 Å². The Kier molecular flexibility index (Phi) is 4.11. The highest BCUT2D eigenvalue weighted by atomic mass is 32.1. The van der Waals surface area contributed by atoms with Gasteiger partial charge in [-0.15, -0.1) is 0 Å². The van der Waals surface area contributed by atoms with Gasteiger partial charge in [0.05, 0.1) is 19.5 Å². The Morgan fingerprint density at radius 1 is 1.00 bits per heavy atom. The van der Waals surface area contributed by atoms with Crippen LogP contribution in [0.1, 0.15) is 0 Å². The normalized spacial score (nSPS) is 10.2. The highest BCUT2D eigenvalue weighted by Crippen LogP contribution is 2.22. The maximum absolute atomic E-state index is 5.35. The Morgan fingerprint density at radius 3 is 2.55 bits per heavy atom. The highest BCUT2D eigenvalue weighted by molar-refractivity contribution is 7.80. The van der Waals surface area contributed by atoms with E-state index in [-0.39, 0.29) is 0 Å². The number of fused-ring (bicyclic) bond motifs is 1. The first kappa shape index (κ1) is 14.2. The zero-order chi connectivity index (χ0) is 15.4. The van der Waals surface area contributed by atoms with Crippen molar-refractivity contribution in [3.05, 3.63) is 54.9 Å². The van der Waals surface area contributed by atoms with Crippen LogP contribution in [0.15, 0.2) is 54.9 Å². The van der Waals surface area contributed by atoms with Crippen LogP contribution in [0.2, 0.25) is 0 Å². The molecular weight excluding hydrogens is 296 g/mol. The maximum atomic E-state index is 5.35. The molecule has 0 fully saturated rings. The average molecular weight is 310 g/mol. The third-order valence-electron chi connectivity index (χ3n) is 3.19. The van der Waals surface area contributed by atoms with Crippen LogP contribution in [0.4, 0.5) is 11.4 Å². The van der Waals surface area contributed by atoms with Gasteiger partial charge in [0.15, 0.2) is 5.11 Å². The molecule has 0 saturated heterocycles. The van der Waals surface area contributed by atoms with Crippen LogP contribution in [-0.4, -0.2) is 22.4 Å². The summed E-state index contributed by atoms with van der Waals surface area (Å²) in [6.07, 6.45) is 3.44. The number of aromatic nitrogens is 2. The minimum Gasteiger partial charge on any atom is -0.497 e. The number of thiocarbonyl (C=S) groups is 1. The summed E-state index contributed by atoms with van der Waals surface area (Å²) in [4.78, 5) is 0. The SMILES string of the molecule is COc1ccc(NC(=S)Nc2cccc3cnncc23)cc1. The van der Waals surface area contributed by atoms with E-state index in [1.807, 2.05) is 42.5 Å². The van der Waals surface area contributed by atoms with Gasteiger partial charge in [-0.25, -0.2) is 0 Å². The number of nitrogens with one attached hydrogen (secondary N) is 2. The van der Waals surface area contributed by atoms with Crippen LogP contribution in [-0.2, 0) is 0 Å². The molecule has 0 aliphatic carbocycles. The lowest BCUT2D eigenvalue weighted by atomic mass is 10.2. The molecule has 0 bridgehead atoms. The fourth-order valence-corrected chi connectivity index (χ4v) is 2.32. The predicted molar refractivity (Wildman–Crippen MR) is 92.4 cm³/mol. The summed E-state index contributed by atoms with van der Waals surface area (Å²) in [6, 6.07) is 13.4. The van der Waals surface area contributed by atoms with Gasteiger partial charge in [-0.2, -0.15) is 10.2 Å². The predicted octanol–water partition coefficient (Wildman–Crippen LogP) is 3.45. The molecule has 0 amide bonds. The maximum Gasteiger partial charge on any atom is 0.175 e. The number of anilines is 2. The summed E-state index contributed by atoms with van der Waals surface area (Å²) in [5.41, 5.74) is 1.77. The van der Waals surface area contributed by atoms with Gasteiger partial charge in [0.2, 0.25) is 0 Å². The Labute approximate surface area is 133 Å². The Balaban J connectivity index is 1.75. The van der Waals surface area contributed by atoms with E-state index in [1.54, 1.807) is 19.5 Å². The van der Waals surface area contributed by atoms with Crippen LogP contribution < -0.4 is 15.4 Å². The van der Waals surface area contributed by atoms with Crippen molar-refractivity contribution < 1.29 is 4.74 Å². The van der Waals surface area contributed by atoms with Crippen molar-refractivity contribution in [2.24, 2.45) is 0 Å². The first-order valence-corrected chi connectivity index (χ1v) is 7.08. The molecule has 1 aromatic heterocycles. The number of hydrogen-bond donors (Lipinski definition) is 2. The molecule has 3 rings (SSSR count). The second kappa shape index (κ2) is 6.36. The van der Waals surface area contributed by atoms with Crippen molar-refractivity contribution in [2.75, 3.05) is 17.7 Å². The number of rotatable bonds is 3. The van der Waals surface area contributed by atoms with Crippen molar-refractivity contribution in [3.63, 3.8) is 0 Å². The van der Waals surface area contributed by atoms with E-state index in [1.165, 1.54) is 0 Å². The number of ether oxygens (including phenoxy) is 1. The molecule has 110 valence electrons. The van der Waals surface area contributed by atoms with Crippen molar-refractivity contribution in [3.8, 4) is 5.75 Å². The molecular formula is C16H14N4OS. The molecule has 2 N–H and O–H groups in total. The third-order valence-corrected chi connectivity index (χ3v) is 3.39. The molecule has 5 nitrogen and oxygen atoms in total. The smallest absolute Gasteiger partial charge is 0.175 e. The van der Waals surface area contributed by atoms with Crippen molar-refractivity contribution >= 4 is 39.5 Å². The number of benzene rings is 2. The van der Waals surface area contributed by atoms with Gasteiger partial charge < -0.3 is 15.4 Å². The molecule has 1 heterocycles. The van der Waals surface area contributed by atoms with Crippen LogP contribution in [0.5, 0.6) is 5.75 Å². The fraction of sp³-hybridized carbons (Fsp3) is 0.0625. The lowest BCUT2D eigenvalue weighted by molar-refractivity contribution is 0.415. The first-order chi connectivity index (χ1) is 10.8. The lowest BCUT2D eigenvalue weighted by Crippen LogP contribution is -2.19. The molecule has 22 heavy (non-hydrogen) atoms. The third kappa shape index (κ3) is 3.12. The second-order valence-electron chi connectivity index (χ2n) is 4.61. The van der Waals surface area contributed by atoms with Crippen LogP contribution in [0, 0.1) is 0 Å². The molecule has 0 spiro atoms. The van der Waals surface area contributed by atoms with Crippen LogP contribution in [0.3, 0.4) is 0 Å². The van der Waals surface area contributed by atoms with E-state index in [9.17, 15) is 0 Å². The topological polar surface area (TPSA) is 59.1 Å². The molecule has 0 radical (unpaired) electrons. The van der Waals surface area contributed by atoms with E-state index in [0.717, 1.165) is 27.9 Å². The van der Waals surface area contributed by atoms with Crippen molar-refractivity contribution in [2.45, 2.75) is 0 Å². The van der Waals surface area contributed by atoms with Crippen molar-refractivity contribution in [1.82, 2.24) is 10.2 Å². The largest absolute Gasteiger partial charge is 0.497 e. The van der Waals surface area contributed by atoms with Crippen LogP contribution >= 0.6 is 12.2 Å². The van der Waals surface area contributed by atoms with Gasteiger partial charge in [-0.1, -0.05) is 12.1 Å². The summed E-state index contributed by atoms with van der Waals surface area (Å²) in [7, 11) is 1.64. The molecule has 0 aliphatic heterocycles. The quantitative estimate of drug-likeness (QED) is 0.723. The minimum absolute atomic E-state index is 0.509. The minimum atomic E-state index is 0.509. The van der Waals surface area contributed by atoms with E-state index in [0.29, 0.717) is 5.11 Å². The van der Waals surface area contributed by atoms with Gasteiger partial charge in [-0.05, 0) is 42.5 Å². The second-order valence-corrected chi connectivity index (χ2v) is 5.01. The van der Waals surface area contributed by atoms with Gasteiger partial charge in [0.25, 0.3) is 0 Å². The summed E-state index contributed by atoms with van der Waals surface area (Å²) >= 11 is 5.35. The summed E-state index contributed by atoms with van der Waals surface area (Å²) in [5, 5.41) is 16.6. The van der Waals surface area contributed by atoms with E-state index in [4.69, 9.17) is 17.0 Å². The fourth-order valence-electron chi connectivity index (χ4n) is 2.09. The van der Waals surface area contributed by atoms with Gasteiger partial charge in [0, 0.05) is 22.1 Å². The molecule has 6 heteroatoms. The Hall–Kier alpha value is -2.73. The van der Waals surface area contributed by atoms with Gasteiger partial charge in [0.1, 0.15) is 5.75 Å². The molecule has 2 aromatic carbocycles. The molecule has 3 aromatic rings. The monoisotopic (exact) mass is 310 g/mol. The number of methoxy groups -OCH3 is 1. The van der Waals surface area contributed by atoms with Gasteiger partial charge >= 0.3 is 0 Å². The van der Waals surface area contributed by atoms with Crippen LogP contribution in [0.25, 0.3) is 10.8 Å². The molecule has 0 atom stereocenters. The van der Waals surface area contributed by atoms with Gasteiger partial charge in [-0.3, -0.25) is 0 Å².